The van der Waals surface area contributed by atoms with Crippen LogP contribution < -0.4 is 14.9 Å². The van der Waals surface area contributed by atoms with Gasteiger partial charge >= 0.3 is 0 Å². The largest absolute Gasteiger partial charge is 0.493 e. The first kappa shape index (κ1) is 21.5. The number of hydrogen-bond acceptors (Lipinski definition) is 6. The van der Waals surface area contributed by atoms with Crippen LogP contribution in [0.2, 0.25) is 0 Å². The number of aromatic nitrogens is 1. The van der Waals surface area contributed by atoms with Crippen molar-refractivity contribution in [3.8, 4) is 22.8 Å². The average molecular weight is 442 g/mol. The molecule has 1 aromatic carbocycles. The minimum absolute atomic E-state index is 0.0614. The van der Waals surface area contributed by atoms with Crippen molar-refractivity contribution in [2.45, 2.75) is 57.5 Å². The Bertz CT molecular complexity index is 1090. The molecule has 1 saturated carbocycles. The van der Waals surface area contributed by atoms with E-state index in [0.717, 1.165) is 36.3 Å². The van der Waals surface area contributed by atoms with Crippen LogP contribution >= 0.6 is 0 Å². The standard InChI is InChI=1S/C25H31NO6/c1-25(2)7-6-14-15-10-21(31-9-5-8-29-3)20(30-4)11-16(15)18-12-19(27)17(22-24(28)32-22)13-26(18)23(14)25/h10-14,22-24,28H,5-9H2,1-4H3/t14-,22?,23+,24?/m0/s1. The minimum Gasteiger partial charge on any atom is -0.493 e. The van der Waals surface area contributed by atoms with Gasteiger partial charge in [0.15, 0.2) is 23.2 Å². The Morgan fingerprint density at radius 2 is 1.94 bits per heavy atom. The lowest BCUT2D eigenvalue weighted by Crippen LogP contribution is -2.31. The number of hydrogen-bond donors (Lipinski definition) is 1. The number of ether oxygens (including phenoxy) is 4. The van der Waals surface area contributed by atoms with Crippen molar-refractivity contribution >= 4 is 0 Å². The van der Waals surface area contributed by atoms with Gasteiger partial charge in [-0.2, -0.15) is 0 Å². The molecule has 7 heteroatoms. The molecule has 0 spiro atoms. The molecule has 2 fully saturated rings. The van der Waals surface area contributed by atoms with Gasteiger partial charge in [-0.3, -0.25) is 4.79 Å². The van der Waals surface area contributed by atoms with Crippen LogP contribution in [0.15, 0.2) is 29.2 Å². The van der Waals surface area contributed by atoms with Crippen LogP contribution in [-0.4, -0.2) is 43.4 Å². The molecule has 3 heterocycles. The first-order valence-corrected chi connectivity index (χ1v) is 11.3. The number of nitrogens with zero attached hydrogens (tertiary/aromatic N) is 1. The van der Waals surface area contributed by atoms with Crippen molar-refractivity contribution in [2.24, 2.45) is 5.41 Å². The van der Waals surface area contributed by atoms with E-state index in [1.807, 2.05) is 12.3 Å². The molecular formula is C25H31NO6. The molecule has 0 bridgehead atoms. The van der Waals surface area contributed by atoms with Crippen LogP contribution in [0, 0.1) is 5.41 Å². The number of aliphatic hydroxyl groups excluding tert-OH is 1. The third-order valence-electron chi connectivity index (χ3n) is 7.23. The maximum atomic E-state index is 12.9. The van der Waals surface area contributed by atoms with E-state index in [9.17, 15) is 9.90 Å². The number of epoxide rings is 1. The molecule has 0 radical (unpaired) electrons. The van der Waals surface area contributed by atoms with Gasteiger partial charge in [-0.05, 0) is 36.0 Å². The minimum atomic E-state index is -0.887. The lowest BCUT2D eigenvalue weighted by molar-refractivity contribution is 0.156. The molecule has 1 aliphatic carbocycles. The monoisotopic (exact) mass is 441 g/mol. The van der Waals surface area contributed by atoms with Gasteiger partial charge in [-0.15, -0.1) is 0 Å². The molecule has 7 nitrogen and oxygen atoms in total. The van der Waals surface area contributed by atoms with Crippen LogP contribution in [0.1, 0.15) is 62.3 Å². The highest BCUT2D eigenvalue weighted by Crippen LogP contribution is 2.60. The Balaban J connectivity index is 1.64. The summed E-state index contributed by atoms with van der Waals surface area (Å²) in [5.41, 5.74) is 3.56. The van der Waals surface area contributed by atoms with Crippen molar-refractivity contribution in [3.63, 3.8) is 0 Å². The highest BCUT2D eigenvalue weighted by atomic mass is 16.7. The highest BCUT2D eigenvalue weighted by molar-refractivity contribution is 5.72. The van der Waals surface area contributed by atoms with E-state index < -0.39 is 12.4 Å². The fourth-order valence-corrected chi connectivity index (χ4v) is 5.59. The molecule has 1 aromatic heterocycles. The summed E-state index contributed by atoms with van der Waals surface area (Å²) in [6.07, 6.45) is 3.44. The normalized spacial score (nSPS) is 26.8. The Kier molecular flexibility index (Phi) is 5.31. The lowest BCUT2D eigenvalue weighted by Gasteiger charge is -2.40. The van der Waals surface area contributed by atoms with Gasteiger partial charge in [0.25, 0.3) is 0 Å². The number of fused-ring (bicyclic) bond motifs is 6. The van der Waals surface area contributed by atoms with E-state index in [1.165, 1.54) is 5.56 Å². The molecule has 5 rings (SSSR count). The van der Waals surface area contributed by atoms with E-state index in [4.69, 9.17) is 18.9 Å². The summed E-state index contributed by atoms with van der Waals surface area (Å²) in [5.74, 6) is 1.69. The highest BCUT2D eigenvalue weighted by Gasteiger charge is 2.49. The molecule has 1 saturated heterocycles. The van der Waals surface area contributed by atoms with Gasteiger partial charge in [0, 0.05) is 55.5 Å². The predicted molar refractivity (Wildman–Crippen MR) is 119 cm³/mol. The molecule has 1 N–H and O–H groups in total. The molecule has 172 valence electrons. The Morgan fingerprint density at radius 3 is 2.62 bits per heavy atom. The van der Waals surface area contributed by atoms with Crippen molar-refractivity contribution in [1.29, 1.82) is 0 Å². The topological polar surface area (TPSA) is 82.5 Å². The summed E-state index contributed by atoms with van der Waals surface area (Å²) in [6, 6.07) is 5.99. The van der Waals surface area contributed by atoms with Gasteiger partial charge in [0.1, 0.15) is 6.10 Å². The molecule has 4 atom stereocenters. The Morgan fingerprint density at radius 1 is 1.16 bits per heavy atom. The van der Waals surface area contributed by atoms with Gasteiger partial charge in [0.2, 0.25) is 0 Å². The van der Waals surface area contributed by atoms with Crippen LogP contribution in [0.25, 0.3) is 11.3 Å². The number of benzene rings is 1. The van der Waals surface area contributed by atoms with Crippen LogP contribution in [-0.2, 0) is 9.47 Å². The number of rotatable bonds is 7. The van der Waals surface area contributed by atoms with Crippen LogP contribution in [0.3, 0.4) is 0 Å². The van der Waals surface area contributed by atoms with Gasteiger partial charge in [-0.1, -0.05) is 13.8 Å². The third-order valence-corrected chi connectivity index (χ3v) is 7.23. The van der Waals surface area contributed by atoms with Gasteiger partial charge in [-0.25, -0.2) is 0 Å². The third kappa shape index (κ3) is 3.43. The van der Waals surface area contributed by atoms with Crippen LogP contribution in [0.5, 0.6) is 11.5 Å². The summed E-state index contributed by atoms with van der Waals surface area (Å²) >= 11 is 0. The van der Waals surface area contributed by atoms with Crippen molar-refractivity contribution in [2.75, 3.05) is 27.4 Å². The smallest absolute Gasteiger partial charge is 0.188 e. The molecule has 0 amide bonds. The summed E-state index contributed by atoms with van der Waals surface area (Å²) in [4.78, 5) is 12.9. The number of pyridine rings is 1. The molecule has 32 heavy (non-hydrogen) atoms. The fourth-order valence-electron chi connectivity index (χ4n) is 5.59. The zero-order chi connectivity index (χ0) is 22.6. The summed E-state index contributed by atoms with van der Waals surface area (Å²) < 4.78 is 24.3. The van der Waals surface area contributed by atoms with E-state index in [1.54, 1.807) is 20.3 Å². The van der Waals surface area contributed by atoms with E-state index >= 15 is 0 Å². The average Bonchev–Trinajstić information content (AvgIpc) is 3.40. The first-order valence-electron chi connectivity index (χ1n) is 11.3. The van der Waals surface area contributed by atoms with E-state index in [-0.39, 0.29) is 16.9 Å². The van der Waals surface area contributed by atoms with Crippen molar-refractivity contribution < 1.29 is 24.1 Å². The van der Waals surface area contributed by atoms with Gasteiger partial charge in [0.05, 0.1) is 19.4 Å². The SMILES string of the molecule is COCCCOc1cc2c(cc1OC)-c1cc(=O)c(C3OC3O)cn1[C@@H]1[C@H]2CCC1(C)C. The number of aliphatic hydroxyl groups is 1. The van der Waals surface area contributed by atoms with Gasteiger partial charge < -0.3 is 28.6 Å². The molecule has 2 aromatic rings. The fraction of sp³-hybridized carbons (Fsp3) is 0.560. The predicted octanol–water partition coefficient (Wildman–Crippen LogP) is 3.79. The second kappa shape index (κ2) is 7.90. The summed E-state index contributed by atoms with van der Waals surface area (Å²) in [6.45, 7) is 5.77. The van der Waals surface area contributed by atoms with Crippen LogP contribution in [0.4, 0.5) is 0 Å². The Labute approximate surface area is 187 Å². The van der Waals surface area contributed by atoms with Crippen molar-refractivity contribution in [3.05, 3.63) is 45.7 Å². The second-order valence-electron chi connectivity index (χ2n) is 9.70. The number of methoxy groups -OCH3 is 2. The first-order chi connectivity index (χ1) is 15.4. The maximum Gasteiger partial charge on any atom is 0.188 e. The quantitative estimate of drug-likeness (QED) is 0.520. The van der Waals surface area contributed by atoms with E-state index in [0.29, 0.717) is 30.4 Å². The lowest BCUT2D eigenvalue weighted by atomic mass is 9.77. The van der Waals surface area contributed by atoms with Crippen molar-refractivity contribution in [1.82, 2.24) is 4.57 Å². The molecule has 2 unspecified atom stereocenters. The zero-order valence-corrected chi connectivity index (χ0v) is 19.1. The molecule has 2 aliphatic heterocycles. The molecular weight excluding hydrogens is 410 g/mol. The van der Waals surface area contributed by atoms with E-state index in [2.05, 4.69) is 24.5 Å². The second-order valence-corrected chi connectivity index (χ2v) is 9.70. The summed E-state index contributed by atoms with van der Waals surface area (Å²) in [5, 5.41) is 9.75. The Hall–Kier alpha value is -2.35. The maximum absolute atomic E-state index is 12.9. The zero-order valence-electron chi connectivity index (χ0n) is 19.1. The molecule has 3 aliphatic rings. The summed E-state index contributed by atoms with van der Waals surface area (Å²) in [7, 11) is 3.32.